The van der Waals surface area contributed by atoms with Gasteiger partial charge in [0.2, 0.25) is 0 Å². The molecule has 0 saturated heterocycles. The van der Waals surface area contributed by atoms with Gasteiger partial charge in [0.15, 0.2) is 0 Å². The molecule has 0 aromatic heterocycles. The van der Waals surface area contributed by atoms with E-state index in [2.05, 4.69) is 41.5 Å². The SMILES string of the molecule is CC(C)CO[P+]([S-])([S-])OCC(C)C.CCCCCCO[P+]([S-])([S-])OCCCCCC.[Zn]. The Hall–Kier alpha value is 2.72. The minimum atomic E-state index is -2.38. The average molecular weight is 604 g/mol. The Kier molecular flexibility index (Phi) is 30.1. The number of hydrogen-bond acceptors (Lipinski definition) is 8. The van der Waals surface area contributed by atoms with Crippen molar-refractivity contribution in [1.29, 1.82) is 0 Å². The molecular weight excluding hydrogens is 560 g/mol. The zero-order chi connectivity index (χ0) is 23.5. The molecular formula is C20H44O4P2S4Zn-2. The fourth-order valence-electron chi connectivity index (χ4n) is 1.97. The van der Waals surface area contributed by atoms with Crippen LogP contribution in [0.2, 0.25) is 0 Å². The summed E-state index contributed by atoms with van der Waals surface area (Å²) >= 11 is 20.5. The maximum absolute atomic E-state index is 5.50. The Balaban J connectivity index is -0.000000507. The third-order valence-corrected chi connectivity index (χ3v) is 8.08. The van der Waals surface area contributed by atoms with Gasteiger partial charge in [-0.2, -0.15) is 0 Å². The summed E-state index contributed by atoms with van der Waals surface area (Å²) in [5.74, 6) is 0.904. The van der Waals surface area contributed by atoms with Crippen LogP contribution in [0.5, 0.6) is 0 Å². The van der Waals surface area contributed by atoms with Crippen LogP contribution >= 0.6 is 12.2 Å². The Morgan fingerprint density at radius 1 is 0.548 bits per heavy atom. The third kappa shape index (κ3) is 32.7. The maximum atomic E-state index is 5.50. The summed E-state index contributed by atoms with van der Waals surface area (Å²) in [6.07, 6.45) is 4.68. The molecule has 0 saturated carbocycles. The first-order valence-corrected chi connectivity index (χ1v) is 18.5. The van der Waals surface area contributed by atoms with Gasteiger partial charge < -0.3 is 49.0 Å². The molecule has 0 amide bonds. The van der Waals surface area contributed by atoms with Crippen LogP contribution in [0.3, 0.4) is 0 Å². The van der Waals surface area contributed by atoms with Gasteiger partial charge in [0.05, 0.1) is 26.4 Å². The third-order valence-electron chi connectivity index (χ3n) is 3.63. The van der Waals surface area contributed by atoms with Crippen molar-refractivity contribution >= 4 is 61.2 Å². The molecule has 0 aromatic rings. The van der Waals surface area contributed by atoms with Crippen LogP contribution in [0.25, 0.3) is 0 Å². The van der Waals surface area contributed by atoms with Gasteiger partial charge in [-0.3, -0.25) is 18.1 Å². The minimum Gasteiger partial charge on any atom is -0.516 e. The van der Waals surface area contributed by atoms with E-state index in [1.54, 1.807) is 0 Å². The Morgan fingerprint density at radius 3 is 1.16 bits per heavy atom. The second-order valence-corrected chi connectivity index (χ2v) is 18.0. The van der Waals surface area contributed by atoms with Crippen LogP contribution < -0.4 is 0 Å². The number of unbranched alkanes of at least 4 members (excludes halogenated alkanes) is 6. The van der Waals surface area contributed by atoms with Crippen molar-refractivity contribution in [2.75, 3.05) is 26.4 Å². The second kappa shape index (κ2) is 24.4. The molecule has 0 aromatic carbocycles. The molecule has 4 nitrogen and oxygen atoms in total. The van der Waals surface area contributed by atoms with E-state index in [-0.39, 0.29) is 19.5 Å². The Labute approximate surface area is 228 Å². The van der Waals surface area contributed by atoms with Gasteiger partial charge in [0.1, 0.15) is 0 Å². The number of rotatable bonds is 18. The van der Waals surface area contributed by atoms with E-state index in [0.717, 1.165) is 12.8 Å². The van der Waals surface area contributed by atoms with Gasteiger partial charge in [-0.05, 0) is 24.7 Å². The maximum Gasteiger partial charge on any atom is 0.0915 e. The molecule has 31 heavy (non-hydrogen) atoms. The predicted octanol–water partition coefficient (Wildman–Crippen LogP) is 8.05. The monoisotopic (exact) mass is 602 g/mol. The second-order valence-electron chi connectivity index (χ2n) is 8.06. The average Bonchev–Trinajstić information content (AvgIpc) is 2.65. The van der Waals surface area contributed by atoms with Crippen LogP contribution in [0, 0.1) is 11.8 Å². The standard InChI is InChI=1S/C12H27O2PS2.C8H19O2PS2.Zn/c1-3-5-7-9-11-13-15(16,17)14-12-10-8-6-4-2;1-7(2)5-9-11(12,13)10-6-8(3)4;/h3-12H2,1-2H3,(H,16,17);7-8H,5-6H2,1-4H3,(H,12,13);/p-2. The zero-order valence-corrected chi connectivity index (χ0v) is 28.5. The molecule has 0 N–H and O–H groups in total. The molecule has 0 fully saturated rings. The Morgan fingerprint density at radius 2 is 0.871 bits per heavy atom. The molecule has 0 spiro atoms. The molecule has 11 heteroatoms. The van der Waals surface area contributed by atoms with Crippen LogP contribution in [0.1, 0.15) is 92.9 Å². The first-order valence-electron chi connectivity index (χ1n) is 11.2. The quantitative estimate of drug-likeness (QED) is 0.0674. The molecule has 0 aliphatic carbocycles. The summed E-state index contributed by atoms with van der Waals surface area (Å²) in [4.78, 5) is 0. The molecule has 0 atom stereocenters. The summed E-state index contributed by atoms with van der Waals surface area (Å²) in [7, 11) is 0. The summed E-state index contributed by atoms with van der Waals surface area (Å²) in [5, 5.41) is 0. The minimum absolute atomic E-state index is 0. The summed E-state index contributed by atoms with van der Waals surface area (Å²) in [5.41, 5.74) is 0. The van der Waals surface area contributed by atoms with E-state index in [0.29, 0.717) is 38.3 Å². The summed E-state index contributed by atoms with van der Waals surface area (Å²) in [6.45, 7) is 15.2. The van der Waals surface area contributed by atoms with Gasteiger partial charge in [0.25, 0.3) is 0 Å². The van der Waals surface area contributed by atoms with Crippen LogP contribution in [0.15, 0.2) is 0 Å². The number of hydrogen-bond donors (Lipinski definition) is 0. The fourth-order valence-corrected chi connectivity index (χ4v) is 5.41. The predicted molar refractivity (Wildman–Crippen MR) is 145 cm³/mol. The molecule has 0 aliphatic heterocycles. The smallest absolute Gasteiger partial charge is 0.0915 e. The molecule has 0 bridgehead atoms. The topological polar surface area (TPSA) is 36.9 Å². The van der Waals surface area contributed by atoms with Crippen molar-refractivity contribution in [3.05, 3.63) is 0 Å². The summed E-state index contributed by atoms with van der Waals surface area (Å²) < 4.78 is 21.7. The van der Waals surface area contributed by atoms with Crippen molar-refractivity contribution in [3.8, 4) is 0 Å². The normalized spacial score (nSPS) is 12.0. The molecule has 0 rings (SSSR count). The van der Waals surface area contributed by atoms with E-state index < -0.39 is 12.2 Å². The molecule has 0 aliphatic rings. The van der Waals surface area contributed by atoms with E-state index in [4.69, 9.17) is 67.1 Å². The van der Waals surface area contributed by atoms with E-state index in [1.165, 1.54) is 38.5 Å². The molecule has 0 radical (unpaired) electrons. The zero-order valence-electron chi connectivity index (χ0n) is 20.5. The van der Waals surface area contributed by atoms with Gasteiger partial charge >= 0.3 is 0 Å². The van der Waals surface area contributed by atoms with Crippen molar-refractivity contribution in [3.63, 3.8) is 0 Å². The molecule has 186 valence electrons. The van der Waals surface area contributed by atoms with Crippen LogP contribution in [-0.2, 0) is 86.6 Å². The first-order chi connectivity index (χ1) is 14.0. The van der Waals surface area contributed by atoms with E-state index in [9.17, 15) is 0 Å². The van der Waals surface area contributed by atoms with Gasteiger partial charge in [-0.1, -0.05) is 80.1 Å². The summed E-state index contributed by atoms with van der Waals surface area (Å²) in [6, 6.07) is 0. The Bertz CT molecular complexity index is 353. The van der Waals surface area contributed by atoms with Crippen LogP contribution in [0.4, 0.5) is 0 Å². The van der Waals surface area contributed by atoms with Gasteiger partial charge in [-0.25, -0.2) is 0 Å². The van der Waals surface area contributed by atoms with Crippen molar-refractivity contribution in [2.45, 2.75) is 92.9 Å². The van der Waals surface area contributed by atoms with E-state index in [1.807, 2.05) is 0 Å². The first kappa shape index (κ1) is 38.3. The molecule has 0 heterocycles. The fraction of sp³-hybridized carbons (Fsp3) is 1.00. The van der Waals surface area contributed by atoms with E-state index >= 15 is 0 Å². The van der Waals surface area contributed by atoms with Crippen molar-refractivity contribution < 1.29 is 37.6 Å². The van der Waals surface area contributed by atoms with Crippen molar-refractivity contribution in [1.82, 2.24) is 0 Å². The van der Waals surface area contributed by atoms with Crippen molar-refractivity contribution in [2.24, 2.45) is 11.8 Å². The largest absolute Gasteiger partial charge is 0.516 e. The van der Waals surface area contributed by atoms with Gasteiger partial charge in [0, 0.05) is 31.7 Å². The molecule has 0 unspecified atom stereocenters. The van der Waals surface area contributed by atoms with Crippen LogP contribution in [-0.4, -0.2) is 26.4 Å². The van der Waals surface area contributed by atoms with Gasteiger partial charge in [-0.15, -0.1) is 0 Å².